The first-order valence-corrected chi connectivity index (χ1v) is 3.33. The van der Waals surface area contributed by atoms with E-state index in [-0.39, 0.29) is 6.10 Å². The van der Waals surface area contributed by atoms with Gasteiger partial charge in [0.2, 0.25) is 0 Å². The minimum atomic E-state index is 0.153. The summed E-state index contributed by atoms with van der Waals surface area (Å²) >= 11 is 0. The highest BCUT2D eigenvalue weighted by Crippen LogP contribution is 2.00. The average molecular weight is 127 g/mol. The summed E-state index contributed by atoms with van der Waals surface area (Å²) in [5.41, 5.74) is 0. The van der Waals surface area contributed by atoms with Crippen LogP contribution in [0.1, 0.15) is 26.7 Å². The minimum absolute atomic E-state index is 0.153. The van der Waals surface area contributed by atoms with Crippen LogP contribution in [0.2, 0.25) is 0 Å². The molecule has 0 radical (unpaired) electrons. The van der Waals surface area contributed by atoms with Crippen molar-refractivity contribution in [3.05, 3.63) is 0 Å². The van der Waals surface area contributed by atoms with E-state index in [1.807, 2.05) is 13.8 Å². The molecule has 0 unspecified atom stereocenters. The standard InChI is InChI=1S/C7H13NO/c1-3-7(5-6-8)9-4-2/h7H,3-5H2,1-2H3/t7-/m1/s1. The van der Waals surface area contributed by atoms with Crippen LogP contribution >= 0.6 is 0 Å². The maximum Gasteiger partial charge on any atom is 0.0702 e. The molecule has 2 nitrogen and oxygen atoms in total. The summed E-state index contributed by atoms with van der Waals surface area (Å²) in [6.07, 6.45) is 1.60. The van der Waals surface area contributed by atoms with Crippen molar-refractivity contribution in [1.82, 2.24) is 0 Å². The summed E-state index contributed by atoms with van der Waals surface area (Å²) in [7, 11) is 0. The maximum absolute atomic E-state index is 8.26. The van der Waals surface area contributed by atoms with Gasteiger partial charge in [-0.15, -0.1) is 0 Å². The van der Waals surface area contributed by atoms with Crippen LogP contribution in [-0.2, 0) is 4.74 Å². The molecule has 0 fully saturated rings. The monoisotopic (exact) mass is 127 g/mol. The molecule has 9 heavy (non-hydrogen) atoms. The number of nitriles is 1. The summed E-state index contributed by atoms with van der Waals surface area (Å²) in [5.74, 6) is 0. The Morgan fingerprint density at radius 3 is 2.56 bits per heavy atom. The van der Waals surface area contributed by atoms with Gasteiger partial charge in [0.05, 0.1) is 18.6 Å². The number of hydrogen-bond acceptors (Lipinski definition) is 2. The number of nitrogens with zero attached hydrogens (tertiary/aromatic N) is 1. The van der Waals surface area contributed by atoms with Crippen molar-refractivity contribution < 1.29 is 4.74 Å². The molecule has 0 aromatic heterocycles. The summed E-state index contributed by atoms with van der Waals surface area (Å²) in [5, 5.41) is 8.26. The zero-order valence-electron chi connectivity index (χ0n) is 6.05. The van der Waals surface area contributed by atoms with Gasteiger partial charge in [-0.3, -0.25) is 0 Å². The Morgan fingerprint density at radius 2 is 2.22 bits per heavy atom. The quantitative estimate of drug-likeness (QED) is 0.576. The van der Waals surface area contributed by atoms with Crippen LogP contribution in [0, 0.1) is 11.3 Å². The summed E-state index contributed by atoms with van der Waals surface area (Å²) in [6.45, 7) is 4.68. The minimum Gasteiger partial charge on any atom is -0.377 e. The predicted molar refractivity (Wildman–Crippen MR) is 35.9 cm³/mol. The van der Waals surface area contributed by atoms with Crippen molar-refractivity contribution in [1.29, 1.82) is 5.26 Å². The lowest BCUT2D eigenvalue weighted by molar-refractivity contribution is 0.0637. The zero-order valence-corrected chi connectivity index (χ0v) is 6.05. The van der Waals surface area contributed by atoms with E-state index >= 15 is 0 Å². The van der Waals surface area contributed by atoms with Gasteiger partial charge in [-0.1, -0.05) is 6.92 Å². The molecule has 0 aliphatic heterocycles. The lowest BCUT2D eigenvalue weighted by Gasteiger charge is -2.09. The highest BCUT2D eigenvalue weighted by atomic mass is 16.5. The highest BCUT2D eigenvalue weighted by molar-refractivity contribution is 4.74. The molecular formula is C7H13NO. The van der Waals surface area contributed by atoms with Gasteiger partial charge < -0.3 is 4.74 Å². The second-order valence-corrected chi connectivity index (χ2v) is 1.85. The third kappa shape index (κ3) is 3.99. The normalized spacial score (nSPS) is 12.6. The SMILES string of the molecule is CCO[C@H](CC)CC#N. The third-order valence-corrected chi connectivity index (χ3v) is 1.18. The first kappa shape index (κ1) is 8.45. The van der Waals surface area contributed by atoms with Gasteiger partial charge in [0.1, 0.15) is 0 Å². The molecule has 0 rings (SSSR count). The van der Waals surface area contributed by atoms with E-state index in [1.165, 1.54) is 0 Å². The fourth-order valence-electron chi connectivity index (χ4n) is 0.659. The highest BCUT2D eigenvalue weighted by Gasteiger charge is 2.02. The van der Waals surface area contributed by atoms with E-state index in [1.54, 1.807) is 0 Å². The fraction of sp³-hybridized carbons (Fsp3) is 0.857. The fourth-order valence-corrected chi connectivity index (χ4v) is 0.659. The van der Waals surface area contributed by atoms with Crippen molar-refractivity contribution >= 4 is 0 Å². The molecule has 52 valence electrons. The summed E-state index contributed by atoms with van der Waals surface area (Å²) in [6, 6.07) is 2.08. The van der Waals surface area contributed by atoms with Gasteiger partial charge in [-0.2, -0.15) is 5.26 Å². The third-order valence-electron chi connectivity index (χ3n) is 1.18. The maximum atomic E-state index is 8.26. The van der Waals surface area contributed by atoms with Crippen LogP contribution in [0.3, 0.4) is 0 Å². The summed E-state index contributed by atoms with van der Waals surface area (Å²) in [4.78, 5) is 0. The van der Waals surface area contributed by atoms with E-state index in [0.717, 1.165) is 6.42 Å². The smallest absolute Gasteiger partial charge is 0.0702 e. The Morgan fingerprint density at radius 1 is 1.56 bits per heavy atom. The summed E-state index contributed by atoms with van der Waals surface area (Å²) < 4.78 is 5.21. The Hall–Kier alpha value is -0.550. The second-order valence-electron chi connectivity index (χ2n) is 1.85. The molecule has 0 aliphatic carbocycles. The van der Waals surface area contributed by atoms with E-state index in [2.05, 4.69) is 6.07 Å². The zero-order chi connectivity index (χ0) is 7.11. The molecule has 0 aromatic carbocycles. The molecule has 0 aliphatic rings. The largest absolute Gasteiger partial charge is 0.377 e. The van der Waals surface area contributed by atoms with Crippen LogP contribution in [0.5, 0.6) is 0 Å². The molecule has 0 bridgehead atoms. The Bertz CT molecular complexity index is 95.6. The number of ether oxygens (including phenoxy) is 1. The van der Waals surface area contributed by atoms with Crippen molar-refractivity contribution in [2.75, 3.05) is 6.61 Å². The molecule has 0 saturated heterocycles. The Kier molecular flexibility index (Phi) is 5.24. The van der Waals surface area contributed by atoms with Gasteiger partial charge in [0.25, 0.3) is 0 Å². The van der Waals surface area contributed by atoms with Gasteiger partial charge in [0, 0.05) is 6.61 Å². The van der Waals surface area contributed by atoms with E-state index in [9.17, 15) is 0 Å². The van der Waals surface area contributed by atoms with Crippen LogP contribution in [0.4, 0.5) is 0 Å². The van der Waals surface area contributed by atoms with Gasteiger partial charge >= 0.3 is 0 Å². The van der Waals surface area contributed by atoms with Crippen LogP contribution in [-0.4, -0.2) is 12.7 Å². The lowest BCUT2D eigenvalue weighted by Crippen LogP contribution is -2.09. The van der Waals surface area contributed by atoms with E-state index in [4.69, 9.17) is 10.00 Å². The predicted octanol–water partition coefficient (Wildman–Crippen LogP) is 1.72. The first-order valence-electron chi connectivity index (χ1n) is 3.33. The van der Waals surface area contributed by atoms with Crippen LogP contribution in [0.15, 0.2) is 0 Å². The number of hydrogen-bond donors (Lipinski definition) is 0. The molecule has 0 heterocycles. The number of rotatable bonds is 4. The molecular weight excluding hydrogens is 114 g/mol. The second kappa shape index (κ2) is 5.58. The first-order chi connectivity index (χ1) is 4.35. The Labute approximate surface area is 56.4 Å². The average Bonchev–Trinajstić information content (AvgIpc) is 1.88. The molecule has 2 heteroatoms. The van der Waals surface area contributed by atoms with Crippen molar-refractivity contribution in [2.45, 2.75) is 32.8 Å². The topological polar surface area (TPSA) is 33.0 Å². The van der Waals surface area contributed by atoms with Crippen molar-refractivity contribution in [2.24, 2.45) is 0 Å². The molecule has 0 N–H and O–H groups in total. The van der Waals surface area contributed by atoms with Gasteiger partial charge in [-0.05, 0) is 13.3 Å². The molecule has 1 atom stereocenters. The molecule has 0 amide bonds. The van der Waals surface area contributed by atoms with Gasteiger partial charge in [-0.25, -0.2) is 0 Å². The Balaban J connectivity index is 3.32. The lowest BCUT2D eigenvalue weighted by atomic mass is 10.2. The molecule has 0 aromatic rings. The van der Waals surface area contributed by atoms with Crippen molar-refractivity contribution in [3.63, 3.8) is 0 Å². The van der Waals surface area contributed by atoms with Crippen LogP contribution in [0.25, 0.3) is 0 Å². The van der Waals surface area contributed by atoms with Gasteiger partial charge in [0.15, 0.2) is 0 Å². The molecule has 0 saturated carbocycles. The van der Waals surface area contributed by atoms with E-state index < -0.39 is 0 Å². The van der Waals surface area contributed by atoms with Crippen LogP contribution < -0.4 is 0 Å². The molecule has 0 spiro atoms. The van der Waals surface area contributed by atoms with Crippen molar-refractivity contribution in [3.8, 4) is 6.07 Å². The van der Waals surface area contributed by atoms with E-state index in [0.29, 0.717) is 13.0 Å².